The molecule has 0 saturated carbocycles. The average Bonchev–Trinajstić information content (AvgIpc) is 3.26. The number of nitrogens with one attached hydrogen (secondary N) is 2. The van der Waals surface area contributed by atoms with Crippen LogP contribution in [0, 0.1) is 5.82 Å². The Bertz CT molecular complexity index is 985. The van der Waals surface area contributed by atoms with E-state index in [0.29, 0.717) is 6.54 Å². The summed E-state index contributed by atoms with van der Waals surface area (Å²) in [6, 6.07) is 16.0. The van der Waals surface area contributed by atoms with E-state index >= 15 is 0 Å². The van der Waals surface area contributed by atoms with Gasteiger partial charge in [0.05, 0.1) is 19.2 Å². The van der Waals surface area contributed by atoms with Crippen molar-refractivity contribution in [1.82, 2.24) is 15.5 Å². The van der Waals surface area contributed by atoms with Crippen LogP contribution in [-0.2, 0) is 11.2 Å². The lowest BCUT2D eigenvalue weighted by molar-refractivity contribution is -0.121. The number of methoxy groups -OCH3 is 1. The Hall–Kier alpha value is -3.35. The third-order valence-electron chi connectivity index (χ3n) is 5.35. The van der Waals surface area contributed by atoms with E-state index in [1.165, 1.54) is 12.1 Å². The van der Waals surface area contributed by atoms with Crippen molar-refractivity contribution < 1.29 is 13.9 Å². The second-order valence-electron chi connectivity index (χ2n) is 7.52. The van der Waals surface area contributed by atoms with Crippen molar-refractivity contribution in [2.45, 2.75) is 25.3 Å². The zero-order valence-electron chi connectivity index (χ0n) is 16.9. The lowest BCUT2D eigenvalue weighted by atomic mass is 10.0. The maximum atomic E-state index is 13.0. The third-order valence-corrected chi connectivity index (χ3v) is 5.35. The number of rotatable bonds is 6. The number of amides is 1. The number of benzene rings is 2. The molecule has 1 atom stereocenters. The lowest BCUT2D eigenvalue weighted by Gasteiger charge is -2.33. The number of carbonyl (C=O) groups excluding carboxylic acids is 1. The van der Waals surface area contributed by atoms with Crippen LogP contribution in [0.25, 0.3) is 11.3 Å². The largest absolute Gasteiger partial charge is 0.497 e. The minimum absolute atomic E-state index is 0.0468. The molecule has 0 aliphatic carbocycles. The maximum Gasteiger partial charge on any atom is 0.224 e. The molecule has 1 saturated heterocycles. The predicted octanol–water partition coefficient (Wildman–Crippen LogP) is 3.55. The second-order valence-corrected chi connectivity index (χ2v) is 7.52. The fourth-order valence-corrected chi connectivity index (χ4v) is 3.76. The number of halogens is 1. The quantitative estimate of drug-likeness (QED) is 0.654. The Morgan fingerprint density at radius 3 is 2.73 bits per heavy atom. The van der Waals surface area contributed by atoms with Gasteiger partial charge in [-0.3, -0.25) is 9.89 Å². The number of H-pyrrole nitrogens is 1. The van der Waals surface area contributed by atoms with Gasteiger partial charge >= 0.3 is 0 Å². The molecule has 7 heteroatoms. The summed E-state index contributed by atoms with van der Waals surface area (Å²) in [4.78, 5) is 14.6. The molecular weight excluding hydrogens is 383 g/mol. The van der Waals surface area contributed by atoms with Crippen LogP contribution in [0.15, 0.2) is 54.6 Å². The molecule has 2 aromatic carbocycles. The Labute approximate surface area is 175 Å². The van der Waals surface area contributed by atoms with Crippen LogP contribution in [0.3, 0.4) is 0 Å². The molecule has 0 radical (unpaired) electrons. The minimum atomic E-state index is -0.296. The van der Waals surface area contributed by atoms with Crippen molar-refractivity contribution in [1.29, 1.82) is 0 Å². The van der Waals surface area contributed by atoms with E-state index in [1.54, 1.807) is 19.2 Å². The van der Waals surface area contributed by atoms with E-state index < -0.39 is 0 Å². The molecule has 1 aromatic heterocycles. The third kappa shape index (κ3) is 4.79. The highest BCUT2D eigenvalue weighted by atomic mass is 19.1. The van der Waals surface area contributed by atoms with Crippen LogP contribution in [-0.4, -0.2) is 42.3 Å². The number of nitrogens with zero attached hydrogens (tertiary/aromatic N) is 2. The SMILES string of the molecule is COc1ccc(-c2cc(N3CCC[C@@H](NC(=O)Cc4ccc(F)cc4)C3)n[nH]2)cc1. The summed E-state index contributed by atoms with van der Waals surface area (Å²) in [6.07, 6.45) is 2.16. The molecule has 4 rings (SSSR count). The predicted molar refractivity (Wildman–Crippen MR) is 114 cm³/mol. The van der Waals surface area contributed by atoms with E-state index in [9.17, 15) is 9.18 Å². The molecule has 30 heavy (non-hydrogen) atoms. The molecule has 2 heterocycles. The molecule has 1 aliphatic rings. The summed E-state index contributed by atoms with van der Waals surface area (Å²) in [5.74, 6) is 1.34. The number of hydrogen-bond acceptors (Lipinski definition) is 4. The molecule has 3 aromatic rings. The first-order valence-electron chi connectivity index (χ1n) is 10.1. The van der Waals surface area contributed by atoms with Crippen molar-refractivity contribution in [2.75, 3.05) is 25.1 Å². The van der Waals surface area contributed by atoms with Crippen LogP contribution in [0.1, 0.15) is 18.4 Å². The van der Waals surface area contributed by atoms with Gasteiger partial charge in [-0.1, -0.05) is 12.1 Å². The van der Waals surface area contributed by atoms with E-state index in [1.807, 2.05) is 30.3 Å². The van der Waals surface area contributed by atoms with Crippen LogP contribution in [0.4, 0.5) is 10.2 Å². The van der Waals surface area contributed by atoms with Crippen molar-refractivity contribution in [3.05, 3.63) is 66.0 Å². The minimum Gasteiger partial charge on any atom is -0.497 e. The fourth-order valence-electron chi connectivity index (χ4n) is 3.76. The van der Waals surface area contributed by atoms with Gasteiger partial charge in [0.25, 0.3) is 0 Å². The van der Waals surface area contributed by atoms with Gasteiger partial charge in [-0.2, -0.15) is 5.10 Å². The molecule has 156 valence electrons. The molecule has 1 fully saturated rings. The Morgan fingerprint density at radius 2 is 2.00 bits per heavy atom. The molecule has 6 nitrogen and oxygen atoms in total. The molecular formula is C23H25FN4O2. The molecule has 0 unspecified atom stereocenters. The maximum absolute atomic E-state index is 13.0. The van der Waals surface area contributed by atoms with E-state index in [-0.39, 0.29) is 24.2 Å². The van der Waals surface area contributed by atoms with Crippen molar-refractivity contribution in [2.24, 2.45) is 0 Å². The first-order valence-corrected chi connectivity index (χ1v) is 10.1. The smallest absolute Gasteiger partial charge is 0.224 e. The summed E-state index contributed by atoms with van der Waals surface area (Å²) < 4.78 is 18.2. The lowest BCUT2D eigenvalue weighted by Crippen LogP contribution is -2.48. The number of aromatic nitrogens is 2. The fraction of sp³-hybridized carbons (Fsp3) is 0.304. The summed E-state index contributed by atoms with van der Waals surface area (Å²) in [5.41, 5.74) is 2.78. The van der Waals surface area contributed by atoms with E-state index in [0.717, 1.165) is 47.8 Å². The number of piperidine rings is 1. The number of hydrogen-bond donors (Lipinski definition) is 2. The van der Waals surface area contributed by atoms with E-state index in [2.05, 4.69) is 20.4 Å². The highest BCUT2D eigenvalue weighted by Gasteiger charge is 2.23. The van der Waals surface area contributed by atoms with Crippen molar-refractivity contribution in [3.8, 4) is 17.0 Å². The summed E-state index contributed by atoms with van der Waals surface area (Å²) in [7, 11) is 1.65. The molecule has 0 bridgehead atoms. The number of aromatic amines is 1. The molecule has 0 spiro atoms. The summed E-state index contributed by atoms with van der Waals surface area (Å²) >= 11 is 0. The monoisotopic (exact) mass is 408 g/mol. The van der Waals surface area contributed by atoms with E-state index in [4.69, 9.17) is 4.74 Å². The molecule has 1 aliphatic heterocycles. The van der Waals surface area contributed by atoms with Gasteiger partial charge in [0.2, 0.25) is 5.91 Å². The highest BCUT2D eigenvalue weighted by Crippen LogP contribution is 2.25. The van der Waals surface area contributed by atoms with Crippen LogP contribution in [0.2, 0.25) is 0 Å². The standard InChI is InChI=1S/C23H25FN4O2/c1-30-20-10-6-17(7-11-20)21-14-22(27-26-21)28-12-2-3-19(15-28)25-23(29)13-16-4-8-18(24)9-5-16/h4-11,14,19H,2-3,12-13,15H2,1H3,(H,25,29)(H,26,27)/t19-/m1/s1. The Kier molecular flexibility index (Phi) is 5.97. The highest BCUT2D eigenvalue weighted by molar-refractivity contribution is 5.79. The average molecular weight is 408 g/mol. The zero-order chi connectivity index (χ0) is 20.9. The first kappa shape index (κ1) is 19.9. The normalized spacial score (nSPS) is 16.3. The zero-order valence-corrected chi connectivity index (χ0v) is 16.9. The Morgan fingerprint density at radius 1 is 1.23 bits per heavy atom. The van der Waals surface area contributed by atoms with Gasteiger partial charge < -0.3 is 15.0 Å². The molecule has 2 N–H and O–H groups in total. The molecule has 1 amide bonds. The summed E-state index contributed by atoms with van der Waals surface area (Å²) in [5, 5.41) is 10.7. The van der Waals surface area contributed by atoms with Gasteiger partial charge in [0.15, 0.2) is 5.82 Å². The van der Waals surface area contributed by atoms with Crippen LogP contribution in [0.5, 0.6) is 5.75 Å². The topological polar surface area (TPSA) is 70.2 Å². The van der Waals surface area contributed by atoms with Gasteiger partial charge in [-0.05, 0) is 60.4 Å². The van der Waals surface area contributed by atoms with Crippen LogP contribution >= 0.6 is 0 Å². The van der Waals surface area contributed by atoms with Gasteiger partial charge in [0.1, 0.15) is 11.6 Å². The number of carbonyl (C=O) groups is 1. The van der Waals surface area contributed by atoms with Crippen LogP contribution < -0.4 is 15.0 Å². The Balaban J connectivity index is 1.36. The second kappa shape index (κ2) is 8.98. The van der Waals surface area contributed by atoms with Crippen molar-refractivity contribution in [3.63, 3.8) is 0 Å². The van der Waals surface area contributed by atoms with Gasteiger partial charge in [-0.25, -0.2) is 4.39 Å². The number of anilines is 1. The first-order chi connectivity index (χ1) is 14.6. The van der Waals surface area contributed by atoms with Crippen molar-refractivity contribution >= 4 is 11.7 Å². The van der Waals surface area contributed by atoms with Gasteiger partial charge in [0, 0.05) is 25.2 Å². The van der Waals surface area contributed by atoms with Gasteiger partial charge in [-0.15, -0.1) is 0 Å². The summed E-state index contributed by atoms with van der Waals surface area (Å²) in [6.45, 7) is 1.61. The number of ether oxygens (including phenoxy) is 1.